The highest BCUT2D eigenvalue weighted by Crippen LogP contribution is 2.09. The fourth-order valence-corrected chi connectivity index (χ4v) is 2.69. The number of nitrogens with one attached hydrogen (secondary N) is 2. The zero-order valence-electron chi connectivity index (χ0n) is 18.7. The zero-order valence-corrected chi connectivity index (χ0v) is 18.7. The van der Waals surface area contributed by atoms with Crippen LogP contribution in [0.4, 0.5) is 0 Å². The number of carboxylic acids is 1. The number of carbonyl (C=O) groups is 1. The second-order valence-corrected chi connectivity index (χ2v) is 7.16. The molecule has 1 aliphatic heterocycles. The van der Waals surface area contributed by atoms with E-state index in [-0.39, 0.29) is 6.42 Å². The quantitative estimate of drug-likeness (QED) is 0.0723. The van der Waals surface area contributed by atoms with Crippen molar-refractivity contribution in [2.24, 2.45) is 0 Å². The minimum absolute atomic E-state index is 0.0768. The van der Waals surface area contributed by atoms with Crippen LogP contribution in [-0.2, 0) is 9.68 Å². The first-order valence-corrected chi connectivity index (χ1v) is 11.3. The van der Waals surface area contributed by atoms with Crippen molar-refractivity contribution in [1.82, 2.24) is 10.6 Å². The molecule has 0 aliphatic carbocycles. The molecule has 0 bridgehead atoms. The van der Waals surface area contributed by atoms with Crippen molar-refractivity contribution in [3.05, 3.63) is 48.3 Å². The Morgan fingerprint density at radius 2 is 1.53 bits per heavy atom. The SMILES string of the molecule is C1CNCCN1.CCCCCC/C=C/C=C/C/C=C/C/C=C(/CCCC(=O)O)OO. The van der Waals surface area contributed by atoms with Crippen molar-refractivity contribution in [2.75, 3.05) is 26.2 Å². The Kier molecular flexibility index (Phi) is 21.9. The standard InChI is InChI=1S/C20H32O4.C4H10N2/c1-2-3-4-5-6-7-8-9-10-11-12-13-14-16-19(24-23)17-15-18-20(21)22;1-2-6-4-3-5-1/h7-10,12-13,16,23H,2-6,11,14-15,17-18H2,1H3,(H,21,22);5-6H,1-4H2/b8-7+,10-9+,13-12+,19-16-;. The fraction of sp³-hybridized carbons (Fsp3) is 0.625. The molecule has 0 aromatic rings. The molecule has 0 saturated carbocycles. The van der Waals surface area contributed by atoms with Crippen molar-refractivity contribution in [3.8, 4) is 0 Å². The van der Waals surface area contributed by atoms with Gasteiger partial charge in [-0.2, -0.15) is 0 Å². The predicted molar refractivity (Wildman–Crippen MR) is 124 cm³/mol. The molecule has 0 atom stereocenters. The molecule has 0 spiro atoms. The van der Waals surface area contributed by atoms with Gasteiger partial charge in [0.05, 0.1) is 0 Å². The topological polar surface area (TPSA) is 90.8 Å². The Morgan fingerprint density at radius 1 is 0.867 bits per heavy atom. The third kappa shape index (κ3) is 22.4. The van der Waals surface area contributed by atoms with Crippen LogP contribution in [0.15, 0.2) is 48.3 Å². The van der Waals surface area contributed by atoms with Gasteiger partial charge in [-0.25, -0.2) is 5.26 Å². The van der Waals surface area contributed by atoms with Gasteiger partial charge in [0.15, 0.2) is 0 Å². The highest BCUT2D eigenvalue weighted by Gasteiger charge is 2.01. The van der Waals surface area contributed by atoms with Crippen LogP contribution in [0.3, 0.4) is 0 Å². The van der Waals surface area contributed by atoms with Crippen molar-refractivity contribution in [2.45, 2.75) is 71.1 Å². The first kappa shape index (κ1) is 28.1. The molecule has 1 rings (SSSR count). The number of aliphatic carboxylic acids is 1. The minimum atomic E-state index is -0.839. The molecular formula is C24H42N2O4. The maximum absolute atomic E-state index is 10.4. The Balaban J connectivity index is 0.00000118. The van der Waals surface area contributed by atoms with E-state index in [0.717, 1.165) is 39.0 Å². The number of piperazine rings is 1. The Hall–Kier alpha value is -1.89. The van der Waals surface area contributed by atoms with Crippen molar-refractivity contribution >= 4 is 5.97 Å². The van der Waals surface area contributed by atoms with Crippen LogP contribution < -0.4 is 10.6 Å². The van der Waals surface area contributed by atoms with Crippen LogP contribution in [-0.4, -0.2) is 42.5 Å². The minimum Gasteiger partial charge on any atom is -0.481 e. The molecule has 1 aliphatic rings. The van der Waals surface area contributed by atoms with Gasteiger partial charge in [-0.15, -0.1) is 0 Å². The van der Waals surface area contributed by atoms with E-state index >= 15 is 0 Å². The maximum Gasteiger partial charge on any atom is 0.303 e. The largest absolute Gasteiger partial charge is 0.481 e. The monoisotopic (exact) mass is 422 g/mol. The van der Waals surface area contributed by atoms with Gasteiger partial charge in [0, 0.05) is 39.0 Å². The number of unbranched alkanes of at least 4 members (excludes halogenated alkanes) is 4. The summed E-state index contributed by atoms with van der Waals surface area (Å²) < 4.78 is 0. The van der Waals surface area contributed by atoms with Crippen molar-refractivity contribution < 1.29 is 20.0 Å². The average molecular weight is 423 g/mol. The highest BCUT2D eigenvalue weighted by molar-refractivity contribution is 5.66. The van der Waals surface area contributed by atoms with Crippen molar-refractivity contribution in [3.63, 3.8) is 0 Å². The van der Waals surface area contributed by atoms with E-state index < -0.39 is 5.97 Å². The molecule has 0 aromatic carbocycles. The summed E-state index contributed by atoms with van der Waals surface area (Å²) >= 11 is 0. The van der Waals surface area contributed by atoms with Gasteiger partial charge < -0.3 is 20.6 Å². The van der Waals surface area contributed by atoms with Gasteiger partial charge >= 0.3 is 5.97 Å². The number of carboxylic acid groups (broad SMARTS) is 1. The summed E-state index contributed by atoms with van der Waals surface area (Å²) in [7, 11) is 0. The van der Waals surface area contributed by atoms with E-state index in [1.54, 1.807) is 6.08 Å². The van der Waals surface area contributed by atoms with E-state index in [0.29, 0.717) is 25.0 Å². The Bertz CT molecular complexity index is 498. The van der Waals surface area contributed by atoms with Crippen LogP contribution >= 0.6 is 0 Å². The van der Waals surface area contributed by atoms with E-state index in [2.05, 4.69) is 46.7 Å². The van der Waals surface area contributed by atoms with Gasteiger partial charge in [-0.1, -0.05) is 62.6 Å². The summed E-state index contributed by atoms with van der Waals surface area (Å²) in [6.45, 7) is 6.78. The fourth-order valence-electron chi connectivity index (χ4n) is 2.69. The average Bonchev–Trinajstić information content (AvgIpc) is 2.77. The molecule has 0 aromatic heterocycles. The Labute approximate surface area is 182 Å². The highest BCUT2D eigenvalue weighted by atomic mass is 17.1. The van der Waals surface area contributed by atoms with Crippen LogP contribution in [0.2, 0.25) is 0 Å². The van der Waals surface area contributed by atoms with Gasteiger partial charge in [-0.05, 0) is 38.2 Å². The summed E-state index contributed by atoms with van der Waals surface area (Å²) in [4.78, 5) is 14.7. The maximum atomic E-state index is 10.4. The predicted octanol–water partition coefficient (Wildman–Crippen LogP) is 5.21. The number of rotatable bonds is 15. The molecule has 1 heterocycles. The lowest BCUT2D eigenvalue weighted by atomic mass is 10.1. The van der Waals surface area contributed by atoms with Crippen LogP contribution in [0.5, 0.6) is 0 Å². The molecule has 172 valence electrons. The van der Waals surface area contributed by atoms with Gasteiger partial charge in [0.2, 0.25) is 0 Å². The second-order valence-electron chi connectivity index (χ2n) is 7.16. The summed E-state index contributed by atoms with van der Waals surface area (Å²) in [5.74, 6) is -0.420. The molecule has 6 heteroatoms. The van der Waals surface area contributed by atoms with E-state index in [1.807, 2.05) is 12.2 Å². The van der Waals surface area contributed by atoms with E-state index in [1.165, 1.54) is 25.7 Å². The Morgan fingerprint density at radius 3 is 2.13 bits per heavy atom. The molecule has 0 unspecified atom stereocenters. The summed E-state index contributed by atoms with van der Waals surface area (Å²) in [5.41, 5.74) is 0. The molecule has 1 fully saturated rings. The molecule has 6 nitrogen and oxygen atoms in total. The van der Waals surface area contributed by atoms with Crippen LogP contribution in [0.25, 0.3) is 0 Å². The molecule has 4 N–H and O–H groups in total. The molecule has 30 heavy (non-hydrogen) atoms. The van der Waals surface area contributed by atoms with Gasteiger partial charge in [0.25, 0.3) is 0 Å². The number of hydrogen-bond acceptors (Lipinski definition) is 5. The summed E-state index contributed by atoms with van der Waals surface area (Å²) in [6, 6.07) is 0. The number of hydrogen-bond donors (Lipinski definition) is 4. The summed E-state index contributed by atoms with van der Waals surface area (Å²) in [5, 5.41) is 23.7. The van der Waals surface area contributed by atoms with Crippen LogP contribution in [0.1, 0.15) is 71.1 Å². The van der Waals surface area contributed by atoms with E-state index in [9.17, 15) is 4.79 Å². The van der Waals surface area contributed by atoms with Gasteiger partial charge in [0.1, 0.15) is 5.76 Å². The van der Waals surface area contributed by atoms with E-state index in [4.69, 9.17) is 10.4 Å². The third-order valence-electron chi connectivity index (χ3n) is 4.42. The number of allylic oxidation sites excluding steroid dienone is 8. The lowest BCUT2D eigenvalue weighted by molar-refractivity contribution is -0.206. The first-order valence-electron chi connectivity index (χ1n) is 11.3. The lowest BCUT2D eigenvalue weighted by Gasteiger charge is -2.11. The smallest absolute Gasteiger partial charge is 0.303 e. The molecule has 0 radical (unpaired) electrons. The second kappa shape index (κ2) is 23.4. The van der Waals surface area contributed by atoms with Crippen molar-refractivity contribution in [1.29, 1.82) is 0 Å². The third-order valence-corrected chi connectivity index (χ3v) is 4.42. The zero-order chi connectivity index (χ0) is 22.1. The lowest BCUT2D eigenvalue weighted by Crippen LogP contribution is -2.39. The van der Waals surface area contributed by atoms with Gasteiger partial charge in [-0.3, -0.25) is 4.79 Å². The molecule has 1 saturated heterocycles. The van der Waals surface area contributed by atoms with Crippen LogP contribution in [0, 0.1) is 0 Å². The normalized spacial score (nSPS) is 14.9. The first-order chi connectivity index (χ1) is 14.7. The summed E-state index contributed by atoms with van der Waals surface area (Å²) in [6.07, 6.45) is 23.1. The molecule has 0 amide bonds. The molecular weight excluding hydrogens is 380 g/mol.